The Hall–Kier alpha value is -1.64. The van der Waals surface area contributed by atoms with Gasteiger partial charge < -0.3 is 14.6 Å². The Labute approximate surface area is 122 Å². The van der Waals surface area contributed by atoms with Crippen LogP contribution in [0.1, 0.15) is 12.0 Å². The Morgan fingerprint density at radius 3 is 2.67 bits per heavy atom. The molecule has 0 aromatic heterocycles. The highest BCUT2D eigenvalue weighted by Crippen LogP contribution is 2.25. The third-order valence-electron chi connectivity index (χ3n) is 3.44. The summed E-state index contributed by atoms with van der Waals surface area (Å²) < 4.78 is 37.1. The molecular weight excluding hydrogens is 298 g/mol. The highest BCUT2D eigenvalue weighted by molar-refractivity contribution is 7.89. The van der Waals surface area contributed by atoms with Crippen LogP contribution in [-0.4, -0.2) is 45.4 Å². The fraction of sp³-hybridized carbons (Fsp3) is 0.462. The molecule has 0 amide bonds. The Bertz CT molecular complexity index is 649. The van der Waals surface area contributed by atoms with E-state index in [0.717, 1.165) is 0 Å². The number of carboxylic acids is 1. The van der Waals surface area contributed by atoms with Crippen LogP contribution in [-0.2, 0) is 19.6 Å². The smallest absolute Gasteiger partial charge is 0.327 e. The van der Waals surface area contributed by atoms with Crippen LogP contribution < -0.4 is 9.46 Å². The van der Waals surface area contributed by atoms with Crippen LogP contribution in [0.5, 0.6) is 5.75 Å². The van der Waals surface area contributed by atoms with Crippen molar-refractivity contribution in [2.45, 2.75) is 23.8 Å². The number of methoxy groups -OCH3 is 1. The average Bonchev–Trinajstić information content (AvgIpc) is 2.87. The van der Waals surface area contributed by atoms with Gasteiger partial charge in [-0.3, -0.25) is 4.79 Å². The number of rotatable bonds is 5. The second-order valence-corrected chi connectivity index (χ2v) is 6.61. The number of hydrogen-bond donors (Lipinski definition) is 2. The first-order chi connectivity index (χ1) is 9.81. The number of hydrogen-bond acceptors (Lipinski definition) is 5. The summed E-state index contributed by atoms with van der Waals surface area (Å²) in [7, 11) is -2.47. The minimum absolute atomic E-state index is 0.00618. The van der Waals surface area contributed by atoms with Crippen molar-refractivity contribution in [1.82, 2.24) is 4.72 Å². The van der Waals surface area contributed by atoms with Gasteiger partial charge in [0, 0.05) is 13.0 Å². The number of ether oxygens (including phenoxy) is 2. The first-order valence-electron chi connectivity index (χ1n) is 6.30. The number of aryl methyl sites for hydroxylation is 1. The molecule has 0 radical (unpaired) electrons. The fourth-order valence-electron chi connectivity index (χ4n) is 2.19. The summed E-state index contributed by atoms with van der Waals surface area (Å²) in [6.07, 6.45) is 0.0939. The fourth-order valence-corrected chi connectivity index (χ4v) is 3.65. The van der Waals surface area contributed by atoms with Crippen LogP contribution in [0, 0.1) is 6.92 Å². The van der Waals surface area contributed by atoms with Crippen molar-refractivity contribution in [2.75, 3.05) is 20.3 Å². The van der Waals surface area contributed by atoms with E-state index in [1.807, 2.05) is 0 Å². The number of aliphatic carboxylic acids is 1. The lowest BCUT2D eigenvalue weighted by atomic mass is 10.0. The molecule has 1 fully saturated rings. The van der Waals surface area contributed by atoms with Crippen molar-refractivity contribution in [3.63, 3.8) is 0 Å². The molecule has 116 valence electrons. The summed E-state index contributed by atoms with van der Waals surface area (Å²) in [5.41, 5.74) is -0.959. The van der Waals surface area contributed by atoms with E-state index in [2.05, 4.69) is 4.72 Å². The Kier molecular flexibility index (Phi) is 4.22. The summed E-state index contributed by atoms with van der Waals surface area (Å²) in [5.74, 6) is -0.681. The van der Waals surface area contributed by atoms with E-state index in [1.54, 1.807) is 6.92 Å². The first kappa shape index (κ1) is 15.7. The van der Waals surface area contributed by atoms with E-state index in [1.165, 1.54) is 25.3 Å². The highest BCUT2D eigenvalue weighted by atomic mass is 32.2. The quantitative estimate of drug-likeness (QED) is 0.821. The molecule has 1 saturated heterocycles. The van der Waals surface area contributed by atoms with Gasteiger partial charge in [0.05, 0.1) is 18.6 Å². The number of carbonyl (C=O) groups is 1. The molecule has 1 unspecified atom stereocenters. The van der Waals surface area contributed by atoms with Crippen LogP contribution in [0.3, 0.4) is 0 Å². The maximum Gasteiger partial charge on any atom is 0.327 e. The number of carboxylic acid groups (broad SMARTS) is 1. The monoisotopic (exact) mass is 315 g/mol. The van der Waals surface area contributed by atoms with E-state index in [-0.39, 0.29) is 24.5 Å². The molecule has 2 N–H and O–H groups in total. The van der Waals surface area contributed by atoms with E-state index < -0.39 is 21.5 Å². The third-order valence-corrected chi connectivity index (χ3v) is 4.97. The van der Waals surface area contributed by atoms with Crippen LogP contribution in [0.2, 0.25) is 0 Å². The van der Waals surface area contributed by atoms with Crippen molar-refractivity contribution in [1.29, 1.82) is 0 Å². The summed E-state index contributed by atoms with van der Waals surface area (Å²) in [6.45, 7) is 1.73. The summed E-state index contributed by atoms with van der Waals surface area (Å²) in [6, 6.07) is 4.34. The lowest BCUT2D eigenvalue weighted by Gasteiger charge is -2.23. The van der Waals surface area contributed by atoms with E-state index >= 15 is 0 Å². The van der Waals surface area contributed by atoms with Crippen LogP contribution in [0.4, 0.5) is 0 Å². The van der Waals surface area contributed by atoms with Crippen LogP contribution in [0.15, 0.2) is 23.1 Å². The molecule has 1 aromatic rings. The Morgan fingerprint density at radius 1 is 1.48 bits per heavy atom. The number of nitrogens with one attached hydrogen (secondary N) is 1. The van der Waals surface area contributed by atoms with E-state index in [4.69, 9.17) is 9.47 Å². The minimum Gasteiger partial charge on any atom is -0.496 e. The molecule has 7 nitrogen and oxygen atoms in total. The summed E-state index contributed by atoms with van der Waals surface area (Å²) >= 11 is 0. The standard InChI is InChI=1S/C13H17NO6S/c1-9-7-10(3-4-11(9)19-2)21(17,18)14-13(12(15)16)5-6-20-8-13/h3-4,7,14H,5-6,8H2,1-2H3,(H,15,16). The van der Waals surface area contributed by atoms with Gasteiger partial charge in [-0.2, -0.15) is 4.72 Å². The van der Waals surface area contributed by atoms with Crippen molar-refractivity contribution in [2.24, 2.45) is 0 Å². The van der Waals surface area contributed by atoms with E-state index in [9.17, 15) is 18.3 Å². The molecule has 21 heavy (non-hydrogen) atoms. The van der Waals surface area contributed by atoms with Gasteiger partial charge in [-0.25, -0.2) is 8.42 Å². The molecule has 1 heterocycles. The number of sulfonamides is 1. The molecule has 2 rings (SSSR count). The molecule has 8 heteroatoms. The molecule has 0 bridgehead atoms. The zero-order valence-electron chi connectivity index (χ0n) is 11.8. The SMILES string of the molecule is COc1ccc(S(=O)(=O)NC2(C(=O)O)CCOC2)cc1C. The minimum atomic E-state index is -3.96. The Morgan fingerprint density at radius 2 is 2.19 bits per heavy atom. The molecule has 1 aliphatic rings. The van der Waals surface area contributed by atoms with Gasteiger partial charge in [0.2, 0.25) is 10.0 Å². The Balaban J connectivity index is 2.34. The normalized spacial score (nSPS) is 22.2. The molecule has 0 spiro atoms. The maximum atomic E-state index is 12.4. The van der Waals surface area contributed by atoms with Crippen molar-refractivity contribution < 1.29 is 27.8 Å². The molecule has 1 aliphatic heterocycles. The molecular formula is C13H17NO6S. The van der Waals surface area contributed by atoms with Gasteiger partial charge in [-0.15, -0.1) is 0 Å². The second kappa shape index (κ2) is 5.63. The van der Waals surface area contributed by atoms with Crippen LogP contribution >= 0.6 is 0 Å². The van der Waals surface area contributed by atoms with Crippen molar-refractivity contribution in [3.8, 4) is 5.75 Å². The summed E-state index contributed by atoms with van der Waals surface area (Å²) in [5, 5.41) is 9.28. The summed E-state index contributed by atoms with van der Waals surface area (Å²) in [4.78, 5) is 11.4. The first-order valence-corrected chi connectivity index (χ1v) is 7.79. The molecule has 1 atom stereocenters. The second-order valence-electron chi connectivity index (χ2n) is 4.93. The van der Waals surface area contributed by atoms with E-state index in [0.29, 0.717) is 11.3 Å². The topological polar surface area (TPSA) is 102 Å². The van der Waals surface area contributed by atoms with Gasteiger partial charge in [0.1, 0.15) is 5.75 Å². The van der Waals surface area contributed by atoms with Gasteiger partial charge in [0.15, 0.2) is 5.54 Å². The van der Waals surface area contributed by atoms with Crippen molar-refractivity contribution >= 4 is 16.0 Å². The molecule has 1 aromatic carbocycles. The third kappa shape index (κ3) is 3.02. The predicted molar refractivity (Wildman–Crippen MR) is 73.9 cm³/mol. The highest BCUT2D eigenvalue weighted by Gasteiger charge is 2.46. The average molecular weight is 315 g/mol. The van der Waals surface area contributed by atoms with Gasteiger partial charge in [-0.05, 0) is 30.7 Å². The zero-order chi connectivity index (χ0) is 15.7. The predicted octanol–water partition coefficient (Wildman–Crippen LogP) is 0.526. The molecule has 0 aliphatic carbocycles. The van der Waals surface area contributed by atoms with Gasteiger partial charge in [-0.1, -0.05) is 0 Å². The largest absolute Gasteiger partial charge is 0.496 e. The lowest BCUT2D eigenvalue weighted by Crippen LogP contribution is -2.54. The zero-order valence-corrected chi connectivity index (χ0v) is 12.6. The molecule has 0 saturated carbocycles. The van der Waals surface area contributed by atoms with Gasteiger partial charge in [0.25, 0.3) is 0 Å². The van der Waals surface area contributed by atoms with Crippen LogP contribution in [0.25, 0.3) is 0 Å². The number of benzene rings is 1. The lowest BCUT2D eigenvalue weighted by molar-refractivity contribution is -0.144. The maximum absolute atomic E-state index is 12.4. The van der Waals surface area contributed by atoms with Gasteiger partial charge >= 0.3 is 5.97 Å². The van der Waals surface area contributed by atoms with Crippen molar-refractivity contribution in [3.05, 3.63) is 23.8 Å².